The molecule has 7 heteroatoms. The van der Waals surface area contributed by atoms with E-state index in [0.717, 1.165) is 21.3 Å². The van der Waals surface area contributed by atoms with E-state index < -0.39 is 0 Å². The van der Waals surface area contributed by atoms with Crippen molar-refractivity contribution < 1.29 is 4.79 Å². The zero-order valence-electron chi connectivity index (χ0n) is 13.2. The van der Waals surface area contributed by atoms with Gasteiger partial charge in [0.1, 0.15) is 0 Å². The number of amides is 1. The molecule has 1 heterocycles. The van der Waals surface area contributed by atoms with Crippen LogP contribution in [0.4, 0.5) is 5.69 Å². The summed E-state index contributed by atoms with van der Waals surface area (Å²) in [5.74, 6) is -0.133. The van der Waals surface area contributed by atoms with Crippen molar-refractivity contribution in [2.24, 2.45) is 7.05 Å². The number of halogens is 1. The van der Waals surface area contributed by atoms with Gasteiger partial charge in [0.15, 0.2) is 5.16 Å². The lowest BCUT2D eigenvalue weighted by Gasteiger charge is -2.10. The maximum atomic E-state index is 12.5. The van der Waals surface area contributed by atoms with Crippen LogP contribution in [0.15, 0.2) is 63.3 Å². The highest BCUT2D eigenvalue weighted by Crippen LogP contribution is 2.32. The number of benzene rings is 2. The molecule has 0 saturated carbocycles. The number of para-hydroxylation sites is 1. The van der Waals surface area contributed by atoms with Gasteiger partial charge in [-0.3, -0.25) is 4.79 Å². The number of aryl methyl sites for hydroxylation is 2. The lowest BCUT2D eigenvalue weighted by molar-refractivity contribution is 0.102. The van der Waals surface area contributed by atoms with Crippen LogP contribution in [-0.4, -0.2) is 20.7 Å². The number of carbonyl (C=O) groups is 1. The number of aromatic nitrogens is 3. The fraction of sp³-hybridized carbons (Fsp3) is 0.118. The summed E-state index contributed by atoms with van der Waals surface area (Å²) in [6.45, 7) is 1.96. The topological polar surface area (TPSA) is 59.8 Å². The van der Waals surface area contributed by atoms with E-state index in [2.05, 4.69) is 31.3 Å². The molecule has 0 bridgehead atoms. The van der Waals surface area contributed by atoms with Gasteiger partial charge in [0.25, 0.3) is 5.91 Å². The Morgan fingerprint density at radius 3 is 2.71 bits per heavy atom. The lowest BCUT2D eigenvalue weighted by atomic mass is 10.1. The Morgan fingerprint density at radius 1 is 1.21 bits per heavy atom. The van der Waals surface area contributed by atoms with Crippen molar-refractivity contribution in [1.82, 2.24) is 14.8 Å². The SMILES string of the molecule is Cc1cccc(C(=O)Nc2ccccc2Sc2nc(Br)nn2C)c1. The first-order chi connectivity index (χ1) is 11.5. The van der Waals surface area contributed by atoms with Crippen LogP contribution in [0.2, 0.25) is 0 Å². The summed E-state index contributed by atoms with van der Waals surface area (Å²) in [6, 6.07) is 15.1. The number of anilines is 1. The molecule has 0 aliphatic rings. The van der Waals surface area contributed by atoms with Gasteiger partial charge in [0.05, 0.1) is 5.69 Å². The normalized spacial score (nSPS) is 10.6. The molecule has 0 unspecified atom stereocenters. The molecule has 1 N–H and O–H groups in total. The molecule has 1 amide bonds. The zero-order chi connectivity index (χ0) is 17.1. The van der Waals surface area contributed by atoms with Crippen molar-refractivity contribution in [3.05, 3.63) is 64.4 Å². The second-order valence-electron chi connectivity index (χ2n) is 5.21. The first-order valence-corrected chi connectivity index (χ1v) is 8.85. The fourth-order valence-corrected chi connectivity index (χ4v) is 3.57. The van der Waals surface area contributed by atoms with Crippen molar-refractivity contribution >= 4 is 39.3 Å². The molecule has 0 saturated heterocycles. The third kappa shape index (κ3) is 3.85. The second-order valence-corrected chi connectivity index (χ2v) is 6.93. The first-order valence-electron chi connectivity index (χ1n) is 7.24. The van der Waals surface area contributed by atoms with Gasteiger partial charge in [0.2, 0.25) is 4.73 Å². The molecule has 3 rings (SSSR count). The monoisotopic (exact) mass is 402 g/mol. The Labute approximate surface area is 152 Å². The lowest BCUT2D eigenvalue weighted by Crippen LogP contribution is -2.12. The van der Waals surface area contributed by atoms with Gasteiger partial charge in [-0.1, -0.05) is 29.8 Å². The minimum absolute atomic E-state index is 0.133. The third-order valence-electron chi connectivity index (χ3n) is 3.31. The van der Waals surface area contributed by atoms with E-state index in [1.54, 1.807) is 10.7 Å². The van der Waals surface area contributed by atoms with Crippen LogP contribution in [0.5, 0.6) is 0 Å². The van der Waals surface area contributed by atoms with Gasteiger partial charge < -0.3 is 5.32 Å². The average molecular weight is 403 g/mol. The summed E-state index contributed by atoms with van der Waals surface area (Å²) in [6.07, 6.45) is 0. The van der Waals surface area contributed by atoms with E-state index in [-0.39, 0.29) is 5.91 Å². The minimum atomic E-state index is -0.133. The first kappa shape index (κ1) is 16.7. The molecule has 5 nitrogen and oxygen atoms in total. The zero-order valence-corrected chi connectivity index (χ0v) is 15.6. The summed E-state index contributed by atoms with van der Waals surface area (Å²) in [5, 5.41) is 7.88. The Balaban J connectivity index is 1.84. The molecule has 3 aromatic rings. The molecule has 2 aromatic carbocycles. The molecule has 122 valence electrons. The van der Waals surface area contributed by atoms with E-state index in [1.165, 1.54) is 11.8 Å². The quantitative estimate of drug-likeness (QED) is 0.706. The smallest absolute Gasteiger partial charge is 0.255 e. The minimum Gasteiger partial charge on any atom is -0.321 e. The molecule has 1 aromatic heterocycles. The Morgan fingerprint density at radius 2 is 2.00 bits per heavy atom. The molecular formula is C17H15BrN4OS. The molecule has 0 fully saturated rings. The van der Waals surface area contributed by atoms with Crippen LogP contribution in [0.3, 0.4) is 0 Å². The second kappa shape index (κ2) is 7.19. The summed E-state index contributed by atoms with van der Waals surface area (Å²) in [5.41, 5.74) is 2.43. The van der Waals surface area contributed by atoms with Crippen molar-refractivity contribution in [2.75, 3.05) is 5.32 Å². The highest BCUT2D eigenvalue weighted by Gasteiger charge is 2.13. The van der Waals surface area contributed by atoms with E-state index in [4.69, 9.17) is 0 Å². The van der Waals surface area contributed by atoms with E-state index >= 15 is 0 Å². The summed E-state index contributed by atoms with van der Waals surface area (Å²) < 4.78 is 2.22. The number of rotatable bonds is 4. The maximum absolute atomic E-state index is 12.5. The fourth-order valence-electron chi connectivity index (χ4n) is 2.17. The highest BCUT2D eigenvalue weighted by molar-refractivity contribution is 9.10. The predicted octanol–water partition coefficient (Wildman–Crippen LogP) is 4.29. The van der Waals surface area contributed by atoms with E-state index in [9.17, 15) is 4.79 Å². The number of hydrogen-bond acceptors (Lipinski definition) is 4. The molecule has 0 spiro atoms. The van der Waals surface area contributed by atoms with Crippen molar-refractivity contribution in [3.63, 3.8) is 0 Å². The molecule has 0 aliphatic heterocycles. The standard InChI is InChI=1S/C17H15BrN4OS/c1-11-6-5-7-12(10-11)15(23)19-13-8-3-4-9-14(13)24-17-20-16(18)21-22(17)2/h3-10H,1-2H3,(H,19,23). The average Bonchev–Trinajstić information content (AvgIpc) is 2.87. The number of nitrogens with one attached hydrogen (secondary N) is 1. The molecule has 0 atom stereocenters. The van der Waals surface area contributed by atoms with Crippen LogP contribution in [0.1, 0.15) is 15.9 Å². The van der Waals surface area contributed by atoms with Gasteiger partial charge in [-0.05, 0) is 58.9 Å². The van der Waals surface area contributed by atoms with Crippen LogP contribution in [0.25, 0.3) is 0 Å². The van der Waals surface area contributed by atoms with Crippen LogP contribution >= 0.6 is 27.7 Å². The number of nitrogens with zero attached hydrogens (tertiary/aromatic N) is 3. The maximum Gasteiger partial charge on any atom is 0.255 e. The summed E-state index contributed by atoms with van der Waals surface area (Å²) in [4.78, 5) is 17.7. The Kier molecular flexibility index (Phi) is 5.01. The van der Waals surface area contributed by atoms with Gasteiger partial charge in [0, 0.05) is 17.5 Å². The Hall–Kier alpha value is -2.12. The van der Waals surface area contributed by atoms with Crippen LogP contribution < -0.4 is 5.32 Å². The van der Waals surface area contributed by atoms with Crippen LogP contribution in [-0.2, 0) is 7.05 Å². The third-order valence-corrected chi connectivity index (χ3v) is 4.76. The number of hydrogen-bond donors (Lipinski definition) is 1. The Bertz CT molecular complexity index is 894. The highest BCUT2D eigenvalue weighted by atomic mass is 79.9. The van der Waals surface area contributed by atoms with Crippen molar-refractivity contribution in [3.8, 4) is 0 Å². The van der Waals surface area contributed by atoms with Crippen LogP contribution in [0, 0.1) is 6.92 Å². The van der Waals surface area contributed by atoms with Crippen molar-refractivity contribution in [2.45, 2.75) is 17.0 Å². The summed E-state index contributed by atoms with van der Waals surface area (Å²) >= 11 is 4.71. The van der Waals surface area contributed by atoms with E-state index in [0.29, 0.717) is 10.3 Å². The molecule has 24 heavy (non-hydrogen) atoms. The molecular weight excluding hydrogens is 388 g/mol. The predicted molar refractivity (Wildman–Crippen MR) is 98.4 cm³/mol. The molecule has 0 radical (unpaired) electrons. The van der Waals surface area contributed by atoms with Gasteiger partial charge in [-0.15, -0.1) is 5.10 Å². The van der Waals surface area contributed by atoms with Gasteiger partial charge in [-0.25, -0.2) is 4.68 Å². The van der Waals surface area contributed by atoms with Gasteiger partial charge in [-0.2, -0.15) is 4.98 Å². The van der Waals surface area contributed by atoms with E-state index in [1.807, 2.05) is 56.4 Å². The number of carbonyl (C=O) groups excluding carboxylic acids is 1. The van der Waals surface area contributed by atoms with Crippen molar-refractivity contribution in [1.29, 1.82) is 0 Å². The summed E-state index contributed by atoms with van der Waals surface area (Å²) in [7, 11) is 1.83. The molecule has 0 aliphatic carbocycles. The van der Waals surface area contributed by atoms with Gasteiger partial charge >= 0.3 is 0 Å². The largest absolute Gasteiger partial charge is 0.321 e.